The van der Waals surface area contributed by atoms with Crippen molar-refractivity contribution >= 4 is 44.4 Å². The van der Waals surface area contributed by atoms with Crippen LogP contribution < -0.4 is 9.54 Å². The number of aromatic nitrogens is 1. The molecule has 0 radical (unpaired) electrons. The van der Waals surface area contributed by atoms with Crippen molar-refractivity contribution in [1.82, 2.24) is 4.57 Å². The molecular formula is C23H19N3OS3. The van der Waals surface area contributed by atoms with Crippen LogP contribution in [0, 0.1) is 10.9 Å². The van der Waals surface area contributed by atoms with Crippen molar-refractivity contribution in [2.24, 2.45) is 9.98 Å². The summed E-state index contributed by atoms with van der Waals surface area (Å²) in [7, 11) is 4.71. The summed E-state index contributed by atoms with van der Waals surface area (Å²) in [6.45, 7) is 2.06. The number of benzene rings is 3. The van der Waals surface area contributed by atoms with Crippen LogP contribution in [0.4, 0.5) is 5.69 Å². The van der Waals surface area contributed by atoms with Gasteiger partial charge in [-0.25, -0.2) is 4.99 Å². The van der Waals surface area contributed by atoms with E-state index < -0.39 is 0 Å². The third-order valence-corrected chi connectivity index (χ3v) is 7.15. The average molecular weight is 450 g/mol. The van der Waals surface area contributed by atoms with Crippen molar-refractivity contribution in [3.05, 3.63) is 98.7 Å². The molecule has 150 valence electrons. The molecule has 4 rings (SSSR count). The molecule has 0 fully saturated rings. The van der Waals surface area contributed by atoms with E-state index in [9.17, 15) is 0 Å². The normalized spacial score (nSPS) is 12.2. The van der Waals surface area contributed by atoms with Crippen LogP contribution in [-0.4, -0.2) is 17.5 Å². The minimum absolute atomic E-state index is 0.644. The fourth-order valence-electron chi connectivity index (χ4n) is 2.81. The van der Waals surface area contributed by atoms with Crippen LogP contribution in [0.25, 0.3) is 5.69 Å². The van der Waals surface area contributed by atoms with E-state index in [1.165, 1.54) is 26.2 Å². The molecule has 0 unspecified atom stereocenters. The van der Waals surface area contributed by atoms with E-state index in [1.807, 2.05) is 83.4 Å². The van der Waals surface area contributed by atoms with Crippen molar-refractivity contribution in [3.8, 4) is 11.4 Å². The highest BCUT2D eigenvalue weighted by Crippen LogP contribution is 2.19. The number of aryl methyl sites for hydroxylation is 1. The Hall–Kier alpha value is -2.87. The summed E-state index contributed by atoms with van der Waals surface area (Å²) >= 11 is 5.59. The van der Waals surface area contributed by atoms with Crippen LogP contribution in [0.15, 0.2) is 88.8 Å². The minimum atomic E-state index is 0.644. The van der Waals surface area contributed by atoms with Gasteiger partial charge in [-0.15, -0.1) is 0 Å². The summed E-state index contributed by atoms with van der Waals surface area (Å²) in [4.78, 5) is 10.5. The highest BCUT2D eigenvalue weighted by molar-refractivity contribution is 7.79. The van der Waals surface area contributed by atoms with Gasteiger partial charge in [-0.05, 0) is 76.2 Å². The van der Waals surface area contributed by atoms with Gasteiger partial charge in [0.2, 0.25) is 4.80 Å². The number of amidine groups is 1. The van der Waals surface area contributed by atoms with Gasteiger partial charge in [-0.3, -0.25) is 4.57 Å². The van der Waals surface area contributed by atoms with Crippen molar-refractivity contribution in [3.63, 3.8) is 0 Å². The first kappa shape index (κ1) is 20.4. The lowest BCUT2D eigenvalue weighted by Crippen LogP contribution is -2.16. The van der Waals surface area contributed by atoms with Gasteiger partial charge in [-0.2, -0.15) is 4.99 Å². The van der Waals surface area contributed by atoms with E-state index in [0.29, 0.717) is 5.84 Å². The first-order valence-corrected chi connectivity index (χ1v) is 11.8. The largest absolute Gasteiger partial charge is 0.497 e. The maximum Gasteiger partial charge on any atom is 0.207 e. The van der Waals surface area contributed by atoms with Crippen LogP contribution in [0.3, 0.4) is 0 Å². The molecule has 3 aromatic carbocycles. The van der Waals surface area contributed by atoms with Gasteiger partial charge in [0.25, 0.3) is 0 Å². The number of aliphatic imine (C=N–C) groups is 1. The molecule has 0 aliphatic carbocycles. The molecule has 1 heterocycles. The second-order valence-electron chi connectivity index (χ2n) is 6.50. The summed E-state index contributed by atoms with van der Waals surface area (Å²) in [5.74, 6) is 1.44. The Morgan fingerprint density at radius 3 is 2.27 bits per heavy atom. The monoisotopic (exact) mass is 449 g/mol. The molecule has 0 bridgehead atoms. The number of ether oxygens (including phenoxy) is 1. The molecule has 0 spiro atoms. The Bertz CT molecular complexity index is 1280. The second-order valence-corrected chi connectivity index (χ2v) is 9.23. The first-order valence-electron chi connectivity index (χ1n) is 9.26. The van der Waals surface area contributed by atoms with Crippen molar-refractivity contribution in [2.75, 3.05) is 7.11 Å². The average Bonchev–Trinajstić information content (AvgIpc) is 3.15. The number of rotatable bonds is 4. The van der Waals surface area contributed by atoms with Crippen LogP contribution in [0.1, 0.15) is 11.1 Å². The Morgan fingerprint density at radius 1 is 0.900 bits per heavy atom. The lowest BCUT2D eigenvalue weighted by atomic mass is 10.2. The molecule has 0 aliphatic rings. The smallest absolute Gasteiger partial charge is 0.207 e. The summed E-state index contributed by atoms with van der Waals surface area (Å²) in [5.41, 5.74) is 3.95. The number of hydrogen-bond donors (Lipinski definition) is 0. The fraction of sp³-hybridized carbons (Fsp3) is 0.0870. The van der Waals surface area contributed by atoms with Gasteiger partial charge in [0.1, 0.15) is 5.75 Å². The zero-order valence-corrected chi connectivity index (χ0v) is 18.9. The van der Waals surface area contributed by atoms with Gasteiger partial charge in [0, 0.05) is 5.56 Å². The lowest BCUT2D eigenvalue weighted by molar-refractivity contribution is 0.414. The summed E-state index contributed by atoms with van der Waals surface area (Å²) in [6, 6.07) is 25.9. The maximum absolute atomic E-state index is 5.59. The van der Waals surface area contributed by atoms with Crippen LogP contribution >= 0.6 is 32.9 Å². The molecular weight excluding hydrogens is 430 g/mol. The Labute approximate surface area is 187 Å². The van der Waals surface area contributed by atoms with Gasteiger partial charge in [0.15, 0.2) is 9.79 Å². The SMILES string of the molecule is COc1ccc(-n2c(=S)ssc2=NC(=Nc2ccc(C)cc2)c2ccccc2)cc1. The first-order chi connectivity index (χ1) is 14.6. The topological polar surface area (TPSA) is 38.9 Å². The van der Waals surface area contributed by atoms with Gasteiger partial charge in [-0.1, -0.05) is 48.0 Å². The Morgan fingerprint density at radius 2 is 1.60 bits per heavy atom. The van der Waals surface area contributed by atoms with E-state index in [-0.39, 0.29) is 0 Å². The quantitative estimate of drug-likeness (QED) is 0.158. The third kappa shape index (κ3) is 4.64. The predicted octanol–water partition coefficient (Wildman–Crippen LogP) is 6.33. The summed E-state index contributed by atoms with van der Waals surface area (Å²) in [5, 5.41) is 0. The fourth-order valence-corrected chi connectivity index (χ4v) is 5.23. The Kier molecular flexibility index (Phi) is 6.32. The standard InChI is InChI=1S/C23H19N3OS3/c1-16-8-10-18(11-9-16)24-21(17-6-4-3-5-7-17)25-22-26(23(28)30-29-22)19-12-14-20(27-2)15-13-19/h3-15H,1-2H3. The molecule has 4 aromatic rings. The number of hydrogen-bond acceptors (Lipinski definition) is 5. The molecule has 0 N–H and O–H groups in total. The molecule has 0 saturated carbocycles. The van der Waals surface area contributed by atoms with E-state index in [1.54, 1.807) is 7.11 Å². The van der Waals surface area contributed by atoms with Crippen LogP contribution in [0.5, 0.6) is 5.75 Å². The molecule has 0 saturated heterocycles. The van der Waals surface area contributed by atoms with Crippen molar-refractivity contribution in [2.45, 2.75) is 6.92 Å². The summed E-state index contributed by atoms with van der Waals surface area (Å²) < 4.78 is 7.98. The van der Waals surface area contributed by atoms with Gasteiger partial charge in [0.05, 0.1) is 18.5 Å². The van der Waals surface area contributed by atoms with E-state index in [2.05, 4.69) is 6.92 Å². The lowest BCUT2D eigenvalue weighted by Gasteiger charge is -2.06. The Balaban J connectivity index is 1.87. The third-order valence-electron chi connectivity index (χ3n) is 4.39. The van der Waals surface area contributed by atoms with Crippen molar-refractivity contribution < 1.29 is 4.74 Å². The highest BCUT2D eigenvalue weighted by Gasteiger charge is 2.08. The second kappa shape index (κ2) is 9.30. The minimum Gasteiger partial charge on any atom is -0.497 e. The molecule has 4 nitrogen and oxygen atoms in total. The van der Waals surface area contributed by atoms with E-state index in [4.69, 9.17) is 26.9 Å². The predicted molar refractivity (Wildman–Crippen MR) is 128 cm³/mol. The van der Waals surface area contributed by atoms with Gasteiger partial charge < -0.3 is 4.74 Å². The maximum atomic E-state index is 5.59. The molecule has 1 aromatic heterocycles. The van der Waals surface area contributed by atoms with Crippen molar-refractivity contribution in [1.29, 1.82) is 0 Å². The zero-order chi connectivity index (χ0) is 20.9. The van der Waals surface area contributed by atoms with Crippen LogP contribution in [-0.2, 0) is 0 Å². The zero-order valence-electron chi connectivity index (χ0n) is 16.5. The summed E-state index contributed by atoms with van der Waals surface area (Å²) in [6.07, 6.45) is 0. The molecule has 7 heteroatoms. The van der Waals surface area contributed by atoms with E-state index in [0.717, 1.165) is 31.4 Å². The molecule has 0 atom stereocenters. The van der Waals surface area contributed by atoms with E-state index >= 15 is 0 Å². The molecule has 0 amide bonds. The van der Waals surface area contributed by atoms with Gasteiger partial charge >= 0.3 is 0 Å². The number of nitrogens with zero attached hydrogens (tertiary/aromatic N) is 3. The molecule has 30 heavy (non-hydrogen) atoms. The van der Waals surface area contributed by atoms with Crippen LogP contribution in [0.2, 0.25) is 0 Å². The highest BCUT2D eigenvalue weighted by atomic mass is 32.9. The number of methoxy groups -OCH3 is 1. The molecule has 0 aliphatic heterocycles.